The van der Waals surface area contributed by atoms with E-state index >= 15 is 0 Å². The lowest BCUT2D eigenvalue weighted by Crippen LogP contribution is -2.40. The van der Waals surface area contributed by atoms with Crippen molar-refractivity contribution in [2.75, 3.05) is 13.6 Å². The van der Waals surface area contributed by atoms with E-state index in [-0.39, 0.29) is 30.3 Å². The van der Waals surface area contributed by atoms with Crippen LogP contribution in [0.5, 0.6) is 0 Å². The fraction of sp³-hybridized carbons (Fsp3) is 0.500. The predicted octanol–water partition coefficient (Wildman–Crippen LogP) is 0.889. The highest BCUT2D eigenvalue weighted by molar-refractivity contribution is 5.85. The topological polar surface area (TPSA) is 75.4 Å². The zero-order valence-electron chi connectivity index (χ0n) is 12.4. The third-order valence-electron chi connectivity index (χ3n) is 3.95. The van der Waals surface area contributed by atoms with Gasteiger partial charge in [0.1, 0.15) is 0 Å². The molecule has 1 aliphatic rings. The average Bonchev–Trinajstić information content (AvgIpc) is 2.92. The van der Waals surface area contributed by atoms with Gasteiger partial charge < -0.3 is 16.0 Å². The second-order valence-corrected chi connectivity index (χ2v) is 5.72. The standard InChI is InChI=1S/C16H23N3O2/c1-19(11-12-5-3-2-4-6-12)15(20)10-18-16(21)13-7-8-14(17)9-13/h2-6,13-14H,7-11,17H2,1H3,(H,18,21). The molecule has 1 fully saturated rings. The normalized spacial score (nSPS) is 21.0. The van der Waals surface area contributed by atoms with Gasteiger partial charge in [0.25, 0.3) is 0 Å². The lowest BCUT2D eigenvalue weighted by atomic mass is 10.1. The largest absolute Gasteiger partial charge is 0.347 e. The van der Waals surface area contributed by atoms with Crippen LogP contribution in [-0.2, 0) is 16.1 Å². The van der Waals surface area contributed by atoms with Crippen molar-refractivity contribution in [1.82, 2.24) is 10.2 Å². The Balaban J connectivity index is 1.75. The number of rotatable bonds is 5. The van der Waals surface area contributed by atoms with Gasteiger partial charge >= 0.3 is 0 Å². The fourth-order valence-corrected chi connectivity index (χ4v) is 2.64. The maximum Gasteiger partial charge on any atom is 0.242 e. The molecular weight excluding hydrogens is 266 g/mol. The summed E-state index contributed by atoms with van der Waals surface area (Å²) in [6.45, 7) is 0.595. The molecule has 0 bridgehead atoms. The number of hydrogen-bond donors (Lipinski definition) is 2. The van der Waals surface area contributed by atoms with Crippen LogP contribution in [0.2, 0.25) is 0 Å². The lowest BCUT2D eigenvalue weighted by molar-refractivity contribution is -0.133. The smallest absolute Gasteiger partial charge is 0.242 e. The molecule has 2 atom stereocenters. The van der Waals surface area contributed by atoms with Gasteiger partial charge in [0, 0.05) is 25.6 Å². The van der Waals surface area contributed by atoms with Crippen molar-refractivity contribution in [1.29, 1.82) is 0 Å². The van der Waals surface area contributed by atoms with Gasteiger partial charge in [0.05, 0.1) is 6.54 Å². The summed E-state index contributed by atoms with van der Waals surface area (Å²) in [5, 5.41) is 2.73. The van der Waals surface area contributed by atoms with Crippen LogP contribution in [0.1, 0.15) is 24.8 Å². The van der Waals surface area contributed by atoms with Crippen LogP contribution in [0.15, 0.2) is 30.3 Å². The zero-order chi connectivity index (χ0) is 15.2. The first-order valence-corrected chi connectivity index (χ1v) is 7.37. The maximum atomic E-state index is 12.0. The van der Waals surface area contributed by atoms with Crippen LogP contribution in [0.4, 0.5) is 0 Å². The summed E-state index contributed by atoms with van der Waals surface area (Å²) in [5.41, 5.74) is 6.87. The van der Waals surface area contributed by atoms with Gasteiger partial charge in [-0.3, -0.25) is 9.59 Å². The summed E-state index contributed by atoms with van der Waals surface area (Å²) in [5.74, 6) is -0.175. The quantitative estimate of drug-likeness (QED) is 0.845. The van der Waals surface area contributed by atoms with Gasteiger partial charge in [-0.05, 0) is 24.8 Å². The Labute approximate surface area is 125 Å². The number of nitrogens with one attached hydrogen (secondary N) is 1. The molecule has 0 spiro atoms. The van der Waals surface area contributed by atoms with Crippen molar-refractivity contribution in [3.63, 3.8) is 0 Å². The predicted molar refractivity (Wildman–Crippen MR) is 81.2 cm³/mol. The molecule has 2 amide bonds. The molecule has 0 aromatic heterocycles. The number of carbonyl (C=O) groups is 2. The molecule has 3 N–H and O–H groups in total. The Kier molecular flexibility index (Phi) is 5.33. The minimum atomic E-state index is -0.0884. The van der Waals surface area contributed by atoms with Crippen LogP contribution < -0.4 is 11.1 Å². The van der Waals surface area contributed by atoms with Gasteiger partial charge in [-0.15, -0.1) is 0 Å². The number of amides is 2. The monoisotopic (exact) mass is 289 g/mol. The first-order valence-electron chi connectivity index (χ1n) is 7.37. The highest BCUT2D eigenvalue weighted by Gasteiger charge is 2.27. The van der Waals surface area contributed by atoms with E-state index in [0.717, 1.165) is 24.8 Å². The Bertz CT molecular complexity index is 490. The Morgan fingerprint density at radius 1 is 1.29 bits per heavy atom. The molecule has 5 nitrogen and oxygen atoms in total. The van der Waals surface area contributed by atoms with Crippen molar-refractivity contribution in [2.45, 2.75) is 31.8 Å². The highest BCUT2D eigenvalue weighted by Crippen LogP contribution is 2.23. The molecule has 0 radical (unpaired) electrons. The van der Waals surface area contributed by atoms with Crippen molar-refractivity contribution in [2.24, 2.45) is 11.7 Å². The molecule has 0 heterocycles. The maximum absolute atomic E-state index is 12.0. The SMILES string of the molecule is CN(Cc1ccccc1)C(=O)CNC(=O)C1CCC(N)C1. The van der Waals surface area contributed by atoms with Crippen LogP contribution in [0.3, 0.4) is 0 Å². The third-order valence-corrected chi connectivity index (χ3v) is 3.95. The Morgan fingerprint density at radius 2 is 2.00 bits per heavy atom. The molecule has 0 aliphatic heterocycles. The molecule has 2 rings (SSSR count). The lowest BCUT2D eigenvalue weighted by Gasteiger charge is -2.18. The molecule has 2 unspecified atom stereocenters. The first-order chi connectivity index (χ1) is 10.1. The third kappa shape index (κ3) is 4.56. The van der Waals surface area contributed by atoms with Crippen molar-refractivity contribution < 1.29 is 9.59 Å². The van der Waals surface area contributed by atoms with E-state index in [1.165, 1.54) is 0 Å². The summed E-state index contributed by atoms with van der Waals surface area (Å²) >= 11 is 0. The van der Waals surface area contributed by atoms with Crippen LogP contribution in [0.25, 0.3) is 0 Å². The van der Waals surface area contributed by atoms with Crippen molar-refractivity contribution >= 4 is 11.8 Å². The van der Waals surface area contributed by atoms with Gasteiger partial charge in [0.15, 0.2) is 0 Å². The van der Waals surface area contributed by atoms with E-state index in [0.29, 0.717) is 6.54 Å². The summed E-state index contributed by atoms with van der Waals surface area (Å²) in [6, 6.07) is 9.90. The van der Waals surface area contributed by atoms with E-state index in [2.05, 4.69) is 5.32 Å². The van der Waals surface area contributed by atoms with E-state index in [4.69, 9.17) is 5.73 Å². The molecule has 1 aromatic carbocycles. The zero-order valence-corrected chi connectivity index (χ0v) is 12.4. The van der Waals surface area contributed by atoms with Crippen LogP contribution >= 0.6 is 0 Å². The second kappa shape index (κ2) is 7.22. The van der Waals surface area contributed by atoms with E-state index in [1.54, 1.807) is 11.9 Å². The number of nitrogens with two attached hydrogens (primary N) is 1. The summed E-state index contributed by atoms with van der Waals surface area (Å²) in [4.78, 5) is 25.6. The van der Waals surface area contributed by atoms with Gasteiger partial charge in [-0.2, -0.15) is 0 Å². The minimum Gasteiger partial charge on any atom is -0.347 e. The molecule has 0 saturated heterocycles. The minimum absolute atomic E-state index is 0.0350. The van der Waals surface area contributed by atoms with Gasteiger partial charge in [-0.25, -0.2) is 0 Å². The number of benzene rings is 1. The van der Waals surface area contributed by atoms with Crippen molar-refractivity contribution in [3.8, 4) is 0 Å². The van der Waals surface area contributed by atoms with E-state index in [9.17, 15) is 9.59 Å². The Hall–Kier alpha value is -1.88. The Morgan fingerprint density at radius 3 is 2.62 bits per heavy atom. The number of carbonyl (C=O) groups excluding carboxylic acids is 2. The molecule has 1 saturated carbocycles. The van der Waals surface area contributed by atoms with Crippen molar-refractivity contribution in [3.05, 3.63) is 35.9 Å². The molecular formula is C16H23N3O2. The first kappa shape index (κ1) is 15.5. The fourth-order valence-electron chi connectivity index (χ4n) is 2.64. The molecule has 5 heteroatoms. The van der Waals surface area contributed by atoms with E-state index < -0.39 is 0 Å². The second-order valence-electron chi connectivity index (χ2n) is 5.72. The van der Waals surface area contributed by atoms with E-state index in [1.807, 2.05) is 30.3 Å². The highest BCUT2D eigenvalue weighted by atomic mass is 16.2. The molecule has 1 aromatic rings. The summed E-state index contributed by atoms with van der Waals surface area (Å²) in [7, 11) is 1.74. The molecule has 21 heavy (non-hydrogen) atoms. The van der Waals surface area contributed by atoms with Crippen LogP contribution in [-0.4, -0.2) is 36.3 Å². The number of hydrogen-bond acceptors (Lipinski definition) is 3. The molecule has 114 valence electrons. The molecule has 1 aliphatic carbocycles. The number of likely N-dealkylation sites (N-methyl/N-ethyl adjacent to an activating group) is 1. The average molecular weight is 289 g/mol. The van der Waals surface area contributed by atoms with Gasteiger partial charge in [0.2, 0.25) is 11.8 Å². The van der Waals surface area contributed by atoms with Gasteiger partial charge in [-0.1, -0.05) is 30.3 Å². The number of nitrogens with zero attached hydrogens (tertiary/aromatic N) is 1. The summed E-state index contributed by atoms with van der Waals surface area (Å²) in [6.07, 6.45) is 2.43. The van der Waals surface area contributed by atoms with Crippen LogP contribution in [0, 0.1) is 5.92 Å². The summed E-state index contributed by atoms with van der Waals surface area (Å²) < 4.78 is 0.